The first-order valence-corrected chi connectivity index (χ1v) is 11.4. The van der Waals surface area contributed by atoms with E-state index in [-0.39, 0.29) is 18.0 Å². The molecule has 3 rings (SSSR count). The summed E-state index contributed by atoms with van der Waals surface area (Å²) in [7, 11) is -3.69. The number of hydrogen-bond acceptors (Lipinski definition) is 6. The van der Waals surface area contributed by atoms with Gasteiger partial charge in [0.1, 0.15) is 0 Å². The lowest BCUT2D eigenvalue weighted by molar-refractivity contribution is -0.119. The summed E-state index contributed by atoms with van der Waals surface area (Å²) in [4.78, 5) is 24.7. The van der Waals surface area contributed by atoms with Crippen molar-refractivity contribution in [2.75, 3.05) is 38.2 Å². The second-order valence-corrected chi connectivity index (χ2v) is 9.37. The number of esters is 1. The predicted octanol–water partition coefficient (Wildman–Crippen LogP) is 2.43. The van der Waals surface area contributed by atoms with Crippen LogP contribution in [0.25, 0.3) is 0 Å². The normalized spacial score (nSPS) is 14.8. The van der Waals surface area contributed by atoms with Crippen molar-refractivity contribution >= 4 is 27.6 Å². The van der Waals surface area contributed by atoms with E-state index in [4.69, 9.17) is 9.47 Å². The molecule has 0 aromatic heterocycles. The van der Waals surface area contributed by atoms with Crippen LogP contribution in [0.15, 0.2) is 41.3 Å². The first-order valence-electron chi connectivity index (χ1n) is 9.91. The van der Waals surface area contributed by atoms with Gasteiger partial charge in [-0.05, 0) is 50.1 Å². The van der Waals surface area contributed by atoms with Crippen LogP contribution in [0, 0.1) is 20.8 Å². The Labute approximate surface area is 182 Å². The van der Waals surface area contributed by atoms with Crippen molar-refractivity contribution in [2.24, 2.45) is 0 Å². The van der Waals surface area contributed by atoms with Gasteiger partial charge in [-0.3, -0.25) is 4.79 Å². The molecule has 1 N–H and O–H groups in total. The van der Waals surface area contributed by atoms with Crippen LogP contribution in [0.1, 0.15) is 27.0 Å². The Balaban J connectivity index is 1.68. The highest BCUT2D eigenvalue weighted by Gasteiger charge is 2.27. The van der Waals surface area contributed by atoms with Crippen LogP contribution < -0.4 is 5.32 Å². The number of rotatable bonds is 6. The smallest absolute Gasteiger partial charge is 0.338 e. The van der Waals surface area contributed by atoms with Gasteiger partial charge in [0.15, 0.2) is 6.61 Å². The predicted molar refractivity (Wildman–Crippen MR) is 116 cm³/mol. The maximum absolute atomic E-state index is 12.9. The Morgan fingerprint density at radius 1 is 1.03 bits per heavy atom. The van der Waals surface area contributed by atoms with Gasteiger partial charge >= 0.3 is 5.97 Å². The topological polar surface area (TPSA) is 102 Å². The minimum Gasteiger partial charge on any atom is -0.452 e. The highest BCUT2D eigenvalue weighted by molar-refractivity contribution is 7.89. The number of benzene rings is 2. The van der Waals surface area contributed by atoms with E-state index < -0.39 is 28.5 Å². The summed E-state index contributed by atoms with van der Waals surface area (Å²) in [6.45, 7) is 6.19. The Hall–Kier alpha value is -2.75. The summed E-state index contributed by atoms with van der Waals surface area (Å²) in [5.41, 5.74) is 3.11. The Morgan fingerprint density at radius 2 is 1.71 bits per heavy atom. The number of carbonyl (C=O) groups excluding carboxylic acids is 2. The minimum absolute atomic E-state index is 0.0858. The molecule has 166 valence electrons. The quantitative estimate of drug-likeness (QED) is 0.684. The van der Waals surface area contributed by atoms with Gasteiger partial charge in [-0.15, -0.1) is 0 Å². The Morgan fingerprint density at radius 3 is 2.42 bits per heavy atom. The van der Waals surface area contributed by atoms with E-state index in [0.29, 0.717) is 30.0 Å². The molecule has 2 aromatic rings. The van der Waals surface area contributed by atoms with Gasteiger partial charge in [0.25, 0.3) is 5.91 Å². The molecule has 31 heavy (non-hydrogen) atoms. The van der Waals surface area contributed by atoms with Crippen molar-refractivity contribution in [3.8, 4) is 0 Å². The van der Waals surface area contributed by atoms with E-state index in [1.807, 2.05) is 19.1 Å². The molecule has 1 aliphatic rings. The maximum Gasteiger partial charge on any atom is 0.338 e. The standard InChI is InChI=1S/C22H26N2O6S/c1-15-4-5-16(2)19(12-15)22(26)30-14-21(25)23-20-13-18(7-6-17(20)3)31(27,28)24-8-10-29-11-9-24/h4-7,12-13H,8-11,14H2,1-3H3,(H,23,25). The van der Waals surface area contributed by atoms with Crippen LogP contribution in [-0.2, 0) is 24.3 Å². The van der Waals surface area contributed by atoms with E-state index in [1.165, 1.54) is 16.4 Å². The van der Waals surface area contributed by atoms with Crippen molar-refractivity contribution < 1.29 is 27.5 Å². The second-order valence-electron chi connectivity index (χ2n) is 7.44. The zero-order chi connectivity index (χ0) is 22.6. The lowest BCUT2D eigenvalue weighted by atomic mass is 10.1. The van der Waals surface area contributed by atoms with E-state index in [2.05, 4.69) is 5.32 Å². The van der Waals surface area contributed by atoms with Gasteiger partial charge in [-0.2, -0.15) is 4.31 Å². The molecule has 0 atom stereocenters. The third-order valence-corrected chi connectivity index (χ3v) is 6.93. The van der Waals surface area contributed by atoms with Crippen LogP contribution in [0.5, 0.6) is 0 Å². The van der Waals surface area contributed by atoms with Gasteiger partial charge in [0.2, 0.25) is 10.0 Å². The lowest BCUT2D eigenvalue weighted by Gasteiger charge is -2.26. The lowest BCUT2D eigenvalue weighted by Crippen LogP contribution is -2.40. The maximum atomic E-state index is 12.9. The number of aryl methyl sites for hydroxylation is 3. The summed E-state index contributed by atoms with van der Waals surface area (Å²) in [6, 6.07) is 9.97. The van der Waals surface area contributed by atoms with E-state index in [1.54, 1.807) is 26.0 Å². The SMILES string of the molecule is Cc1ccc(C)c(C(=O)OCC(=O)Nc2cc(S(=O)(=O)N3CCOCC3)ccc2C)c1. The van der Waals surface area contributed by atoms with Gasteiger partial charge in [0, 0.05) is 18.8 Å². The first kappa shape index (κ1) is 22.9. The third kappa shape index (κ3) is 5.49. The fraction of sp³-hybridized carbons (Fsp3) is 0.364. The van der Waals surface area contributed by atoms with Gasteiger partial charge in [-0.1, -0.05) is 23.8 Å². The highest BCUT2D eigenvalue weighted by Crippen LogP contribution is 2.23. The molecule has 0 radical (unpaired) electrons. The number of hydrogen-bond donors (Lipinski definition) is 1. The third-order valence-electron chi connectivity index (χ3n) is 5.04. The average molecular weight is 447 g/mol. The van der Waals surface area contributed by atoms with Crippen LogP contribution >= 0.6 is 0 Å². The summed E-state index contributed by atoms with van der Waals surface area (Å²) >= 11 is 0. The summed E-state index contributed by atoms with van der Waals surface area (Å²) in [5.74, 6) is -1.14. The summed E-state index contributed by atoms with van der Waals surface area (Å²) in [6.07, 6.45) is 0. The average Bonchev–Trinajstić information content (AvgIpc) is 2.75. The molecule has 0 saturated carbocycles. The van der Waals surface area contributed by atoms with Crippen LogP contribution in [0.3, 0.4) is 0 Å². The molecule has 0 spiro atoms. The molecule has 8 nitrogen and oxygen atoms in total. The molecular weight excluding hydrogens is 420 g/mol. The number of sulfonamides is 1. The molecule has 1 fully saturated rings. The van der Waals surface area contributed by atoms with Crippen LogP contribution in [0.4, 0.5) is 5.69 Å². The molecule has 0 unspecified atom stereocenters. The zero-order valence-corrected chi connectivity index (χ0v) is 18.6. The summed E-state index contributed by atoms with van der Waals surface area (Å²) < 4.78 is 37.4. The van der Waals surface area contributed by atoms with Crippen molar-refractivity contribution in [2.45, 2.75) is 25.7 Å². The number of carbonyl (C=O) groups is 2. The highest BCUT2D eigenvalue weighted by atomic mass is 32.2. The molecular formula is C22H26N2O6S. The molecule has 1 heterocycles. The molecule has 0 bridgehead atoms. The van der Waals surface area contributed by atoms with Gasteiger partial charge in [0.05, 0.1) is 23.7 Å². The van der Waals surface area contributed by atoms with Crippen LogP contribution in [-0.4, -0.2) is 57.5 Å². The number of amides is 1. The Kier molecular flexibility index (Phi) is 7.09. The largest absolute Gasteiger partial charge is 0.452 e. The molecule has 1 aliphatic heterocycles. The number of ether oxygens (including phenoxy) is 2. The minimum atomic E-state index is -3.69. The molecule has 0 aliphatic carbocycles. The van der Waals surface area contributed by atoms with Crippen LogP contribution in [0.2, 0.25) is 0 Å². The van der Waals surface area contributed by atoms with Gasteiger partial charge < -0.3 is 14.8 Å². The van der Waals surface area contributed by atoms with Crippen molar-refractivity contribution in [3.05, 3.63) is 58.7 Å². The number of nitrogens with one attached hydrogen (secondary N) is 1. The van der Waals surface area contributed by atoms with E-state index >= 15 is 0 Å². The van der Waals surface area contributed by atoms with E-state index in [9.17, 15) is 18.0 Å². The van der Waals surface area contributed by atoms with Gasteiger partial charge in [-0.25, -0.2) is 13.2 Å². The molecule has 1 amide bonds. The zero-order valence-electron chi connectivity index (χ0n) is 17.8. The molecule has 9 heteroatoms. The Bertz CT molecular complexity index is 1090. The molecule has 2 aromatic carbocycles. The number of nitrogens with zero attached hydrogens (tertiary/aromatic N) is 1. The summed E-state index contributed by atoms with van der Waals surface area (Å²) in [5, 5.41) is 2.63. The fourth-order valence-corrected chi connectivity index (χ4v) is 4.62. The van der Waals surface area contributed by atoms with E-state index in [0.717, 1.165) is 11.1 Å². The van der Waals surface area contributed by atoms with Crippen molar-refractivity contribution in [3.63, 3.8) is 0 Å². The molecule has 1 saturated heterocycles. The number of morpholine rings is 1. The van der Waals surface area contributed by atoms with Crippen molar-refractivity contribution in [1.29, 1.82) is 0 Å². The number of anilines is 1. The fourth-order valence-electron chi connectivity index (χ4n) is 3.18. The first-order chi connectivity index (χ1) is 14.7. The monoisotopic (exact) mass is 446 g/mol. The van der Waals surface area contributed by atoms with Crippen molar-refractivity contribution in [1.82, 2.24) is 4.31 Å². The second kappa shape index (κ2) is 9.59.